The quantitative estimate of drug-likeness (QED) is 0.651. The van der Waals surface area contributed by atoms with Gasteiger partial charge in [-0.1, -0.05) is 38.1 Å². The first-order valence-electron chi connectivity index (χ1n) is 9.29. The molecule has 2 aromatic carbocycles. The van der Waals surface area contributed by atoms with Gasteiger partial charge in [0.15, 0.2) is 0 Å². The van der Waals surface area contributed by atoms with Gasteiger partial charge >= 0.3 is 0 Å². The van der Waals surface area contributed by atoms with E-state index in [1.165, 1.54) is 14.0 Å². The summed E-state index contributed by atoms with van der Waals surface area (Å²) in [6.45, 7) is 5.66. The second kappa shape index (κ2) is 9.76. The van der Waals surface area contributed by atoms with Crippen molar-refractivity contribution in [3.05, 3.63) is 53.6 Å². The highest BCUT2D eigenvalue weighted by molar-refractivity contribution is 7.89. The number of benzene rings is 2. The SMILES string of the molecule is COc1ccccc1CNC(=O)C(C)NS(=O)(=O)c1cc(C(C)C)ccc1OC. The number of carbonyl (C=O) groups is 1. The van der Waals surface area contributed by atoms with Crippen LogP contribution in [0.25, 0.3) is 0 Å². The third kappa shape index (κ3) is 5.71. The number of hydrogen-bond donors (Lipinski definition) is 2. The van der Waals surface area contributed by atoms with Crippen LogP contribution < -0.4 is 19.5 Å². The minimum atomic E-state index is -3.96. The second-order valence-electron chi connectivity index (χ2n) is 6.94. The molecule has 0 spiro atoms. The number of methoxy groups -OCH3 is 2. The fraction of sp³-hybridized carbons (Fsp3) is 0.381. The highest BCUT2D eigenvalue weighted by Crippen LogP contribution is 2.28. The first-order valence-corrected chi connectivity index (χ1v) is 10.8. The molecule has 0 saturated heterocycles. The van der Waals surface area contributed by atoms with Gasteiger partial charge in [0.1, 0.15) is 16.4 Å². The molecule has 0 radical (unpaired) electrons. The molecule has 1 atom stereocenters. The van der Waals surface area contributed by atoms with Crippen molar-refractivity contribution in [1.82, 2.24) is 10.0 Å². The van der Waals surface area contributed by atoms with E-state index in [1.54, 1.807) is 25.3 Å². The maximum atomic E-state index is 12.9. The molecule has 158 valence electrons. The first-order chi connectivity index (χ1) is 13.7. The highest BCUT2D eigenvalue weighted by Gasteiger charge is 2.25. The molecule has 2 aromatic rings. The van der Waals surface area contributed by atoms with Crippen molar-refractivity contribution in [2.75, 3.05) is 14.2 Å². The minimum Gasteiger partial charge on any atom is -0.496 e. The minimum absolute atomic E-state index is 0.00980. The molecular weight excluding hydrogens is 392 g/mol. The van der Waals surface area contributed by atoms with Crippen LogP contribution in [0.15, 0.2) is 47.4 Å². The molecule has 0 saturated carbocycles. The average Bonchev–Trinajstić information content (AvgIpc) is 2.71. The van der Waals surface area contributed by atoms with E-state index in [1.807, 2.05) is 38.1 Å². The molecular formula is C21H28N2O5S. The standard InChI is InChI=1S/C21H28N2O5S/c1-14(2)16-10-11-19(28-5)20(12-16)29(25,26)23-15(3)21(24)22-13-17-8-6-7-9-18(17)27-4/h6-12,14-15,23H,13H2,1-5H3,(H,22,24). The van der Waals surface area contributed by atoms with Gasteiger partial charge in [-0.3, -0.25) is 4.79 Å². The van der Waals surface area contributed by atoms with E-state index in [4.69, 9.17) is 9.47 Å². The van der Waals surface area contributed by atoms with E-state index in [9.17, 15) is 13.2 Å². The van der Waals surface area contributed by atoms with Crippen LogP contribution in [0, 0.1) is 0 Å². The number of para-hydroxylation sites is 1. The number of hydrogen-bond acceptors (Lipinski definition) is 5. The van der Waals surface area contributed by atoms with Crippen LogP contribution in [-0.4, -0.2) is 34.6 Å². The number of ether oxygens (including phenoxy) is 2. The molecule has 1 amide bonds. The smallest absolute Gasteiger partial charge is 0.244 e. The van der Waals surface area contributed by atoms with Crippen LogP contribution in [0.5, 0.6) is 11.5 Å². The lowest BCUT2D eigenvalue weighted by atomic mass is 10.0. The fourth-order valence-corrected chi connectivity index (χ4v) is 4.20. The summed E-state index contributed by atoms with van der Waals surface area (Å²) in [4.78, 5) is 12.5. The Morgan fingerprint density at radius 1 is 1.00 bits per heavy atom. The Morgan fingerprint density at radius 2 is 1.66 bits per heavy atom. The van der Waals surface area contributed by atoms with Crippen LogP contribution in [0.4, 0.5) is 0 Å². The monoisotopic (exact) mass is 420 g/mol. The van der Waals surface area contributed by atoms with Gasteiger partial charge in [0.25, 0.3) is 0 Å². The molecule has 2 rings (SSSR count). The van der Waals surface area contributed by atoms with E-state index in [0.29, 0.717) is 5.75 Å². The Balaban J connectivity index is 2.13. The molecule has 0 heterocycles. The molecule has 0 bridgehead atoms. The van der Waals surface area contributed by atoms with Crippen LogP contribution >= 0.6 is 0 Å². The number of sulfonamides is 1. The van der Waals surface area contributed by atoms with Gasteiger partial charge in [0.2, 0.25) is 15.9 Å². The van der Waals surface area contributed by atoms with Gasteiger partial charge in [-0.25, -0.2) is 8.42 Å². The molecule has 1 unspecified atom stereocenters. The Hall–Kier alpha value is -2.58. The highest BCUT2D eigenvalue weighted by atomic mass is 32.2. The van der Waals surface area contributed by atoms with Crippen molar-refractivity contribution in [3.8, 4) is 11.5 Å². The molecule has 7 nitrogen and oxygen atoms in total. The van der Waals surface area contributed by atoms with Crippen molar-refractivity contribution in [2.24, 2.45) is 0 Å². The summed E-state index contributed by atoms with van der Waals surface area (Å²) < 4.78 is 38.7. The van der Waals surface area contributed by atoms with E-state index < -0.39 is 22.0 Å². The summed E-state index contributed by atoms with van der Waals surface area (Å²) in [6.07, 6.45) is 0. The Bertz CT molecular complexity index is 957. The van der Waals surface area contributed by atoms with Crippen LogP contribution in [-0.2, 0) is 21.4 Å². The number of nitrogens with one attached hydrogen (secondary N) is 2. The van der Waals surface area contributed by atoms with E-state index in [2.05, 4.69) is 10.0 Å². The zero-order valence-electron chi connectivity index (χ0n) is 17.4. The van der Waals surface area contributed by atoms with Crippen molar-refractivity contribution < 1.29 is 22.7 Å². The summed E-state index contributed by atoms with van der Waals surface area (Å²) in [6, 6.07) is 11.3. The lowest BCUT2D eigenvalue weighted by molar-refractivity contribution is -0.122. The molecule has 29 heavy (non-hydrogen) atoms. The summed E-state index contributed by atoms with van der Waals surface area (Å²) in [5.74, 6) is 0.578. The summed E-state index contributed by atoms with van der Waals surface area (Å²) >= 11 is 0. The molecule has 2 N–H and O–H groups in total. The first kappa shape index (κ1) is 22.7. The zero-order valence-corrected chi connectivity index (χ0v) is 18.2. The van der Waals surface area contributed by atoms with Gasteiger partial charge in [-0.2, -0.15) is 4.72 Å². The number of carbonyl (C=O) groups excluding carboxylic acids is 1. The number of amides is 1. The lowest BCUT2D eigenvalue weighted by Crippen LogP contribution is -2.44. The van der Waals surface area contributed by atoms with Crippen LogP contribution in [0.3, 0.4) is 0 Å². The molecule has 8 heteroatoms. The summed E-state index contributed by atoms with van der Waals surface area (Å²) in [5, 5.41) is 2.73. The average molecular weight is 421 g/mol. The van der Waals surface area contributed by atoms with Gasteiger partial charge in [0, 0.05) is 12.1 Å². The molecule has 0 aliphatic rings. The topological polar surface area (TPSA) is 93.7 Å². The second-order valence-corrected chi connectivity index (χ2v) is 8.62. The van der Waals surface area contributed by atoms with E-state index >= 15 is 0 Å². The van der Waals surface area contributed by atoms with Crippen molar-refractivity contribution in [2.45, 2.75) is 44.2 Å². The Kier molecular flexibility index (Phi) is 7.64. The van der Waals surface area contributed by atoms with Gasteiger partial charge in [-0.05, 0) is 36.6 Å². The molecule has 0 aliphatic heterocycles. The van der Waals surface area contributed by atoms with Gasteiger partial charge in [-0.15, -0.1) is 0 Å². The third-order valence-corrected chi connectivity index (χ3v) is 6.08. The predicted molar refractivity (Wildman–Crippen MR) is 112 cm³/mol. The maximum absolute atomic E-state index is 12.9. The summed E-state index contributed by atoms with van der Waals surface area (Å²) in [7, 11) is -0.998. The molecule has 0 fully saturated rings. The van der Waals surface area contributed by atoms with Crippen molar-refractivity contribution in [1.29, 1.82) is 0 Å². The van der Waals surface area contributed by atoms with Crippen LogP contribution in [0.1, 0.15) is 37.8 Å². The fourth-order valence-electron chi connectivity index (χ4n) is 2.80. The number of rotatable bonds is 9. The Labute approximate surface area is 172 Å². The third-order valence-electron chi connectivity index (χ3n) is 4.51. The van der Waals surface area contributed by atoms with Crippen molar-refractivity contribution >= 4 is 15.9 Å². The lowest BCUT2D eigenvalue weighted by Gasteiger charge is -2.17. The molecule has 0 aliphatic carbocycles. The predicted octanol–water partition coefficient (Wildman–Crippen LogP) is 2.81. The van der Waals surface area contributed by atoms with E-state index in [-0.39, 0.29) is 23.1 Å². The van der Waals surface area contributed by atoms with E-state index in [0.717, 1.165) is 11.1 Å². The summed E-state index contributed by atoms with van der Waals surface area (Å²) in [5.41, 5.74) is 1.66. The van der Waals surface area contributed by atoms with Gasteiger partial charge < -0.3 is 14.8 Å². The van der Waals surface area contributed by atoms with Crippen LogP contribution in [0.2, 0.25) is 0 Å². The maximum Gasteiger partial charge on any atom is 0.244 e. The normalized spacial score (nSPS) is 12.5. The molecule has 0 aromatic heterocycles. The van der Waals surface area contributed by atoms with Crippen molar-refractivity contribution in [3.63, 3.8) is 0 Å². The largest absolute Gasteiger partial charge is 0.496 e. The Morgan fingerprint density at radius 3 is 2.28 bits per heavy atom. The van der Waals surface area contributed by atoms with Gasteiger partial charge in [0.05, 0.1) is 20.3 Å². The zero-order chi connectivity index (χ0) is 21.6.